The van der Waals surface area contributed by atoms with E-state index in [4.69, 9.17) is 5.21 Å². The first-order valence-corrected chi connectivity index (χ1v) is 5.69. The van der Waals surface area contributed by atoms with Gasteiger partial charge in [0.05, 0.1) is 4.90 Å². The van der Waals surface area contributed by atoms with Crippen molar-refractivity contribution in [3.63, 3.8) is 0 Å². The molecule has 0 amide bonds. The Morgan fingerprint density at radius 2 is 2.14 bits per heavy atom. The molecule has 78 valence electrons. The molecule has 0 aliphatic heterocycles. The Labute approximate surface area is 81.3 Å². The summed E-state index contributed by atoms with van der Waals surface area (Å²) >= 11 is 0. The Morgan fingerprint density at radius 3 is 2.57 bits per heavy atom. The molecule has 0 unspecified atom stereocenters. The molecule has 0 aromatic heterocycles. The van der Waals surface area contributed by atoms with E-state index in [1.54, 1.807) is 5.48 Å². The second-order valence-corrected chi connectivity index (χ2v) is 4.88. The van der Waals surface area contributed by atoms with Crippen LogP contribution < -0.4 is 5.48 Å². The Bertz CT molecular complexity index is 430. The second kappa shape index (κ2) is 4.04. The van der Waals surface area contributed by atoms with Gasteiger partial charge in [0.2, 0.25) is 0 Å². The molecule has 1 rings (SSSR count). The number of sulfone groups is 1. The van der Waals surface area contributed by atoms with Gasteiger partial charge in [-0.05, 0) is 12.1 Å². The largest absolute Gasteiger partial charge is 0.316 e. The zero-order valence-electron chi connectivity index (χ0n) is 7.49. The normalized spacial score (nSPS) is 11.6. The van der Waals surface area contributed by atoms with E-state index in [1.165, 1.54) is 12.1 Å². The number of benzene rings is 1. The molecule has 0 fully saturated rings. The topological polar surface area (TPSA) is 66.4 Å². The third-order valence-electron chi connectivity index (χ3n) is 1.72. The summed E-state index contributed by atoms with van der Waals surface area (Å²) in [7, 11) is -3.38. The van der Waals surface area contributed by atoms with Gasteiger partial charge in [0.1, 0.15) is 5.82 Å². The molecule has 0 bridgehead atoms. The van der Waals surface area contributed by atoms with Crippen molar-refractivity contribution < 1.29 is 18.0 Å². The highest BCUT2D eigenvalue weighted by Crippen LogP contribution is 2.14. The molecular weight excluding hydrogens is 209 g/mol. The molecule has 0 radical (unpaired) electrons. The monoisotopic (exact) mass is 219 g/mol. The maximum absolute atomic E-state index is 13.2. The maximum atomic E-state index is 13.2. The highest BCUT2D eigenvalue weighted by atomic mass is 32.2. The molecule has 14 heavy (non-hydrogen) atoms. The molecule has 1 aromatic carbocycles. The maximum Gasteiger partial charge on any atom is 0.175 e. The molecule has 0 atom stereocenters. The number of hydrogen-bond acceptors (Lipinski definition) is 4. The van der Waals surface area contributed by atoms with Gasteiger partial charge in [0, 0.05) is 18.4 Å². The van der Waals surface area contributed by atoms with Crippen LogP contribution in [0.1, 0.15) is 5.56 Å². The summed E-state index contributed by atoms with van der Waals surface area (Å²) in [6.07, 6.45) is 1.01. The van der Waals surface area contributed by atoms with Crippen molar-refractivity contribution in [2.45, 2.75) is 11.4 Å². The predicted molar refractivity (Wildman–Crippen MR) is 48.1 cm³/mol. The summed E-state index contributed by atoms with van der Waals surface area (Å²) in [6.45, 7) is -0.0596. The zero-order valence-corrected chi connectivity index (χ0v) is 8.31. The number of rotatable bonds is 3. The van der Waals surface area contributed by atoms with Gasteiger partial charge >= 0.3 is 0 Å². The molecule has 0 saturated heterocycles. The summed E-state index contributed by atoms with van der Waals surface area (Å²) in [5, 5.41) is 8.34. The SMILES string of the molecule is CS(=O)(=O)c1ccc(CNO)c(F)c1. The third kappa shape index (κ3) is 2.50. The van der Waals surface area contributed by atoms with Crippen molar-refractivity contribution in [3.8, 4) is 0 Å². The van der Waals surface area contributed by atoms with Crippen LogP contribution in [0.25, 0.3) is 0 Å². The lowest BCUT2D eigenvalue weighted by molar-refractivity contribution is 0.160. The fourth-order valence-corrected chi connectivity index (χ4v) is 1.62. The van der Waals surface area contributed by atoms with Crippen LogP contribution >= 0.6 is 0 Å². The summed E-state index contributed by atoms with van der Waals surface area (Å²) in [6, 6.07) is 3.54. The first kappa shape index (κ1) is 11.1. The van der Waals surface area contributed by atoms with Crippen molar-refractivity contribution in [2.24, 2.45) is 0 Å². The number of hydrogen-bond donors (Lipinski definition) is 2. The Kier molecular flexibility index (Phi) is 3.20. The first-order chi connectivity index (χ1) is 6.45. The van der Waals surface area contributed by atoms with E-state index in [9.17, 15) is 12.8 Å². The molecule has 0 heterocycles. The van der Waals surface area contributed by atoms with Crippen LogP contribution in [0.5, 0.6) is 0 Å². The average Bonchev–Trinajstić information content (AvgIpc) is 2.07. The van der Waals surface area contributed by atoms with Gasteiger partial charge in [-0.1, -0.05) is 6.07 Å². The van der Waals surface area contributed by atoms with E-state index in [0.717, 1.165) is 12.3 Å². The molecule has 2 N–H and O–H groups in total. The number of nitrogens with one attached hydrogen (secondary N) is 1. The van der Waals surface area contributed by atoms with Crippen LogP contribution in [0.2, 0.25) is 0 Å². The van der Waals surface area contributed by atoms with Crippen LogP contribution in [0, 0.1) is 5.82 Å². The van der Waals surface area contributed by atoms with Gasteiger partial charge in [-0.25, -0.2) is 18.3 Å². The summed E-state index contributed by atoms with van der Waals surface area (Å²) < 4.78 is 35.2. The Morgan fingerprint density at radius 1 is 1.50 bits per heavy atom. The van der Waals surface area contributed by atoms with Gasteiger partial charge in [-0.3, -0.25) is 0 Å². The minimum atomic E-state index is -3.38. The molecule has 0 saturated carbocycles. The van der Waals surface area contributed by atoms with Crippen molar-refractivity contribution in [1.82, 2.24) is 5.48 Å². The summed E-state index contributed by atoms with van der Waals surface area (Å²) in [5.74, 6) is -0.658. The lowest BCUT2D eigenvalue weighted by Gasteiger charge is -2.03. The van der Waals surface area contributed by atoms with E-state index in [2.05, 4.69) is 0 Å². The molecular formula is C8H10FNO3S. The molecule has 4 nitrogen and oxygen atoms in total. The summed E-state index contributed by atoms with van der Waals surface area (Å²) in [5.41, 5.74) is 2.00. The van der Waals surface area contributed by atoms with Crippen molar-refractivity contribution in [3.05, 3.63) is 29.6 Å². The highest BCUT2D eigenvalue weighted by molar-refractivity contribution is 7.90. The van der Waals surface area contributed by atoms with Crippen LogP contribution in [-0.4, -0.2) is 19.9 Å². The van der Waals surface area contributed by atoms with Crippen LogP contribution in [0.15, 0.2) is 23.1 Å². The van der Waals surface area contributed by atoms with Gasteiger partial charge in [-0.15, -0.1) is 0 Å². The smallest absolute Gasteiger partial charge is 0.175 e. The lowest BCUT2D eigenvalue weighted by Crippen LogP contribution is -2.08. The fourth-order valence-electron chi connectivity index (χ4n) is 0.987. The van der Waals surface area contributed by atoms with E-state index in [1.807, 2.05) is 0 Å². The highest BCUT2D eigenvalue weighted by Gasteiger charge is 2.10. The third-order valence-corrected chi connectivity index (χ3v) is 2.83. The van der Waals surface area contributed by atoms with Crippen molar-refractivity contribution in [1.29, 1.82) is 0 Å². The van der Waals surface area contributed by atoms with Crippen LogP contribution in [-0.2, 0) is 16.4 Å². The Balaban J connectivity index is 3.13. The standard InChI is InChI=1S/C8H10FNO3S/c1-14(12,13)7-3-2-6(5-10-11)8(9)4-7/h2-4,10-11H,5H2,1H3. The van der Waals surface area contributed by atoms with Gasteiger partial charge < -0.3 is 5.21 Å². The molecule has 0 spiro atoms. The van der Waals surface area contributed by atoms with E-state index in [-0.39, 0.29) is 17.0 Å². The molecule has 6 heteroatoms. The summed E-state index contributed by atoms with van der Waals surface area (Å²) in [4.78, 5) is -0.0725. The second-order valence-electron chi connectivity index (χ2n) is 2.86. The molecule has 1 aromatic rings. The van der Waals surface area contributed by atoms with Crippen molar-refractivity contribution in [2.75, 3.05) is 6.26 Å². The fraction of sp³-hybridized carbons (Fsp3) is 0.250. The quantitative estimate of drug-likeness (QED) is 0.735. The number of halogens is 1. The average molecular weight is 219 g/mol. The van der Waals surface area contributed by atoms with Crippen LogP contribution in [0.4, 0.5) is 4.39 Å². The first-order valence-electron chi connectivity index (χ1n) is 3.80. The van der Waals surface area contributed by atoms with Gasteiger partial charge in [0.25, 0.3) is 0 Å². The number of hydroxylamine groups is 1. The van der Waals surface area contributed by atoms with Gasteiger partial charge in [-0.2, -0.15) is 0 Å². The van der Waals surface area contributed by atoms with Crippen molar-refractivity contribution >= 4 is 9.84 Å². The minimum Gasteiger partial charge on any atom is -0.316 e. The Hall–Kier alpha value is -0.980. The lowest BCUT2D eigenvalue weighted by atomic mass is 10.2. The minimum absolute atomic E-state index is 0.0596. The zero-order chi connectivity index (χ0) is 10.8. The van der Waals surface area contributed by atoms with Crippen LogP contribution in [0.3, 0.4) is 0 Å². The van der Waals surface area contributed by atoms with E-state index in [0.29, 0.717) is 0 Å². The molecule has 0 aliphatic rings. The van der Waals surface area contributed by atoms with Gasteiger partial charge in [0.15, 0.2) is 9.84 Å². The van der Waals surface area contributed by atoms with E-state index >= 15 is 0 Å². The van der Waals surface area contributed by atoms with E-state index < -0.39 is 15.7 Å². The predicted octanol–water partition coefficient (Wildman–Crippen LogP) is 0.708. The molecule has 0 aliphatic carbocycles.